The normalized spacial score (nSPS) is 12.0. The summed E-state index contributed by atoms with van der Waals surface area (Å²) in [6.07, 6.45) is 0. The molecule has 2 aromatic carbocycles. The molecule has 0 fully saturated rings. The highest BCUT2D eigenvalue weighted by atomic mass is 79.9. The Bertz CT molecular complexity index is 586. The first-order chi connectivity index (χ1) is 9.67. The Kier molecular flexibility index (Phi) is 5.04. The summed E-state index contributed by atoms with van der Waals surface area (Å²) in [5.41, 5.74) is 8.29. The average Bonchev–Trinajstić information content (AvgIpc) is 2.47. The smallest absolute Gasteiger partial charge is 0.124 e. The lowest BCUT2D eigenvalue weighted by molar-refractivity contribution is 0.335. The Morgan fingerprint density at radius 3 is 2.55 bits per heavy atom. The molecular formula is C16H18BrNO2. The van der Waals surface area contributed by atoms with Gasteiger partial charge in [-0.1, -0.05) is 34.1 Å². The van der Waals surface area contributed by atoms with Crippen molar-refractivity contribution in [2.24, 2.45) is 5.73 Å². The summed E-state index contributed by atoms with van der Waals surface area (Å²) in [6, 6.07) is 13.3. The molecule has 0 aromatic heterocycles. The highest BCUT2D eigenvalue weighted by Gasteiger charge is 2.18. The molecule has 1 unspecified atom stereocenters. The maximum Gasteiger partial charge on any atom is 0.124 e. The minimum absolute atomic E-state index is 0.301. The Labute approximate surface area is 127 Å². The molecule has 0 spiro atoms. The number of para-hydroxylation sites is 1. The van der Waals surface area contributed by atoms with E-state index in [0.29, 0.717) is 6.61 Å². The van der Waals surface area contributed by atoms with Crippen LogP contribution in [0.2, 0.25) is 0 Å². The molecule has 2 N–H and O–H groups in total. The van der Waals surface area contributed by atoms with E-state index >= 15 is 0 Å². The molecule has 0 saturated carbocycles. The molecule has 1 atom stereocenters. The lowest BCUT2D eigenvalue weighted by atomic mass is 9.98. The van der Waals surface area contributed by atoms with Crippen molar-refractivity contribution in [1.29, 1.82) is 0 Å². The van der Waals surface area contributed by atoms with Gasteiger partial charge in [-0.3, -0.25) is 0 Å². The predicted octanol–water partition coefficient (Wildman–Crippen LogP) is 3.90. The number of hydrogen-bond donors (Lipinski definition) is 1. The van der Waals surface area contributed by atoms with Gasteiger partial charge in [-0.15, -0.1) is 0 Å². The Hall–Kier alpha value is -1.52. The van der Waals surface area contributed by atoms with Crippen LogP contribution < -0.4 is 15.2 Å². The predicted molar refractivity (Wildman–Crippen MR) is 84.3 cm³/mol. The zero-order valence-electron chi connectivity index (χ0n) is 11.6. The number of hydrogen-bond acceptors (Lipinski definition) is 3. The molecule has 106 valence electrons. The van der Waals surface area contributed by atoms with Crippen molar-refractivity contribution in [2.75, 3.05) is 13.7 Å². The fourth-order valence-electron chi connectivity index (χ4n) is 2.14. The van der Waals surface area contributed by atoms with E-state index in [0.717, 1.165) is 27.1 Å². The molecule has 0 heterocycles. The average molecular weight is 336 g/mol. The summed E-state index contributed by atoms with van der Waals surface area (Å²) in [5.74, 6) is 1.58. The minimum Gasteiger partial charge on any atom is -0.496 e. The second kappa shape index (κ2) is 6.77. The van der Waals surface area contributed by atoms with E-state index in [9.17, 15) is 0 Å². The van der Waals surface area contributed by atoms with Crippen LogP contribution in [0.3, 0.4) is 0 Å². The van der Waals surface area contributed by atoms with E-state index in [1.807, 2.05) is 49.4 Å². The first-order valence-corrected chi connectivity index (χ1v) is 7.27. The van der Waals surface area contributed by atoms with Crippen molar-refractivity contribution in [2.45, 2.75) is 13.0 Å². The zero-order chi connectivity index (χ0) is 14.5. The van der Waals surface area contributed by atoms with Crippen LogP contribution >= 0.6 is 15.9 Å². The standard InChI is InChI=1S/C16H18BrNO2/c1-3-20-15-7-5-4-6-12(15)16(18)13-10-11(17)8-9-14(13)19-2/h4-10,16H,3,18H2,1-2H3. The molecule has 0 aliphatic carbocycles. The van der Waals surface area contributed by atoms with E-state index in [1.54, 1.807) is 7.11 Å². The number of methoxy groups -OCH3 is 1. The van der Waals surface area contributed by atoms with Gasteiger partial charge >= 0.3 is 0 Å². The van der Waals surface area contributed by atoms with Crippen molar-refractivity contribution in [3.05, 3.63) is 58.1 Å². The molecule has 3 nitrogen and oxygen atoms in total. The molecule has 2 aromatic rings. The van der Waals surface area contributed by atoms with Crippen molar-refractivity contribution >= 4 is 15.9 Å². The van der Waals surface area contributed by atoms with Crippen molar-refractivity contribution < 1.29 is 9.47 Å². The highest BCUT2D eigenvalue weighted by molar-refractivity contribution is 9.10. The maximum atomic E-state index is 6.41. The van der Waals surface area contributed by atoms with E-state index in [-0.39, 0.29) is 6.04 Å². The maximum absolute atomic E-state index is 6.41. The molecule has 4 heteroatoms. The SMILES string of the molecule is CCOc1ccccc1C(N)c1cc(Br)ccc1OC. The largest absolute Gasteiger partial charge is 0.496 e. The third-order valence-electron chi connectivity index (χ3n) is 3.08. The van der Waals surface area contributed by atoms with Gasteiger partial charge in [-0.2, -0.15) is 0 Å². The molecule has 0 aliphatic heterocycles. The van der Waals surface area contributed by atoms with Gasteiger partial charge < -0.3 is 15.2 Å². The fourth-order valence-corrected chi connectivity index (χ4v) is 2.52. The van der Waals surface area contributed by atoms with Crippen molar-refractivity contribution in [1.82, 2.24) is 0 Å². The summed E-state index contributed by atoms with van der Waals surface area (Å²) >= 11 is 3.47. The number of nitrogens with two attached hydrogens (primary N) is 1. The van der Waals surface area contributed by atoms with Crippen LogP contribution in [0, 0.1) is 0 Å². The molecule has 0 radical (unpaired) electrons. The summed E-state index contributed by atoms with van der Waals surface area (Å²) in [7, 11) is 1.65. The topological polar surface area (TPSA) is 44.5 Å². The third-order valence-corrected chi connectivity index (χ3v) is 3.57. The number of benzene rings is 2. The number of ether oxygens (including phenoxy) is 2. The highest BCUT2D eigenvalue weighted by Crippen LogP contribution is 2.34. The molecule has 2 rings (SSSR count). The van der Waals surface area contributed by atoms with Crippen LogP contribution in [0.1, 0.15) is 24.1 Å². The van der Waals surface area contributed by atoms with Crippen LogP contribution in [-0.2, 0) is 0 Å². The summed E-state index contributed by atoms with van der Waals surface area (Å²) < 4.78 is 12.0. The Morgan fingerprint density at radius 2 is 1.85 bits per heavy atom. The van der Waals surface area contributed by atoms with Gasteiger partial charge in [0.15, 0.2) is 0 Å². The molecular weight excluding hydrogens is 318 g/mol. The van der Waals surface area contributed by atoms with Crippen LogP contribution in [0.5, 0.6) is 11.5 Å². The molecule has 20 heavy (non-hydrogen) atoms. The fraction of sp³-hybridized carbons (Fsp3) is 0.250. The van der Waals surface area contributed by atoms with Gasteiger partial charge in [0.25, 0.3) is 0 Å². The van der Waals surface area contributed by atoms with Gasteiger partial charge in [0, 0.05) is 15.6 Å². The summed E-state index contributed by atoms with van der Waals surface area (Å²) in [6.45, 7) is 2.57. The van der Waals surface area contributed by atoms with Crippen molar-refractivity contribution in [3.63, 3.8) is 0 Å². The second-order valence-corrected chi connectivity index (χ2v) is 5.25. The van der Waals surface area contributed by atoms with Crippen molar-refractivity contribution in [3.8, 4) is 11.5 Å². The number of rotatable bonds is 5. The zero-order valence-corrected chi connectivity index (χ0v) is 13.2. The lowest BCUT2D eigenvalue weighted by Crippen LogP contribution is -2.14. The molecule has 0 amide bonds. The van der Waals surface area contributed by atoms with Gasteiger partial charge in [-0.25, -0.2) is 0 Å². The van der Waals surface area contributed by atoms with Crippen LogP contribution in [-0.4, -0.2) is 13.7 Å². The quantitative estimate of drug-likeness (QED) is 0.900. The molecule has 0 bridgehead atoms. The van der Waals surface area contributed by atoms with Gasteiger partial charge in [0.1, 0.15) is 11.5 Å². The van der Waals surface area contributed by atoms with Crippen LogP contribution in [0.15, 0.2) is 46.9 Å². The lowest BCUT2D eigenvalue weighted by Gasteiger charge is -2.19. The number of halogens is 1. The van der Waals surface area contributed by atoms with E-state index < -0.39 is 0 Å². The molecule has 0 aliphatic rings. The summed E-state index contributed by atoms with van der Waals surface area (Å²) in [5, 5.41) is 0. The second-order valence-electron chi connectivity index (χ2n) is 4.33. The van der Waals surface area contributed by atoms with E-state index in [4.69, 9.17) is 15.2 Å². The van der Waals surface area contributed by atoms with Crippen LogP contribution in [0.25, 0.3) is 0 Å². The Balaban J connectivity index is 2.45. The Morgan fingerprint density at radius 1 is 1.10 bits per heavy atom. The van der Waals surface area contributed by atoms with Crippen LogP contribution in [0.4, 0.5) is 0 Å². The monoisotopic (exact) mass is 335 g/mol. The van der Waals surface area contributed by atoms with Gasteiger partial charge in [0.2, 0.25) is 0 Å². The van der Waals surface area contributed by atoms with E-state index in [2.05, 4.69) is 15.9 Å². The minimum atomic E-state index is -0.301. The summed E-state index contributed by atoms with van der Waals surface area (Å²) in [4.78, 5) is 0. The first-order valence-electron chi connectivity index (χ1n) is 6.48. The molecule has 0 saturated heterocycles. The first kappa shape index (κ1) is 14.9. The van der Waals surface area contributed by atoms with E-state index in [1.165, 1.54) is 0 Å². The van der Waals surface area contributed by atoms with Gasteiger partial charge in [-0.05, 0) is 31.2 Å². The third kappa shape index (κ3) is 3.14. The van der Waals surface area contributed by atoms with Gasteiger partial charge in [0.05, 0.1) is 19.8 Å².